The lowest BCUT2D eigenvalue weighted by Crippen LogP contribution is -2.16. The number of anilines is 1. The van der Waals surface area contributed by atoms with E-state index in [0.29, 0.717) is 11.5 Å². The third-order valence-electron chi connectivity index (χ3n) is 4.68. The summed E-state index contributed by atoms with van der Waals surface area (Å²) in [5.41, 5.74) is 2.69. The maximum Gasteiger partial charge on any atom is 0.229 e. The number of amides is 1. The number of aliphatic hydroxyl groups is 1. The number of benzene rings is 1. The molecule has 1 fully saturated rings. The van der Waals surface area contributed by atoms with Crippen molar-refractivity contribution in [1.82, 2.24) is 9.97 Å². The summed E-state index contributed by atoms with van der Waals surface area (Å²) >= 11 is 0. The molecular formula is C19H19N3O3. The van der Waals surface area contributed by atoms with E-state index in [1.54, 1.807) is 13.2 Å². The number of aromatic nitrogens is 2. The maximum atomic E-state index is 12.1. The molecule has 1 saturated carbocycles. The minimum Gasteiger partial charge on any atom is -0.496 e. The van der Waals surface area contributed by atoms with E-state index < -0.39 is 0 Å². The first-order valence-corrected chi connectivity index (χ1v) is 8.24. The average molecular weight is 337 g/mol. The molecule has 1 aromatic carbocycles. The summed E-state index contributed by atoms with van der Waals surface area (Å²) in [4.78, 5) is 19.7. The number of methoxy groups -OCH3 is 1. The lowest BCUT2D eigenvalue weighted by molar-refractivity contribution is -0.117. The van der Waals surface area contributed by atoms with Gasteiger partial charge in [0.1, 0.15) is 17.2 Å². The van der Waals surface area contributed by atoms with Crippen LogP contribution in [0.3, 0.4) is 0 Å². The van der Waals surface area contributed by atoms with Crippen LogP contribution in [0.1, 0.15) is 6.42 Å². The number of para-hydroxylation sites is 1. The first-order chi connectivity index (χ1) is 12.2. The Bertz CT molecular complexity index is 935. The molecule has 2 atom stereocenters. The van der Waals surface area contributed by atoms with Gasteiger partial charge in [0, 0.05) is 35.2 Å². The van der Waals surface area contributed by atoms with Crippen LogP contribution in [0, 0.1) is 11.8 Å². The topological polar surface area (TPSA) is 87.2 Å². The van der Waals surface area contributed by atoms with E-state index in [1.165, 1.54) is 0 Å². The van der Waals surface area contributed by atoms with Gasteiger partial charge in [-0.3, -0.25) is 4.79 Å². The molecule has 128 valence electrons. The number of carbonyl (C=O) groups excluding carboxylic acids is 1. The lowest BCUT2D eigenvalue weighted by atomic mass is 10.0. The Kier molecular flexibility index (Phi) is 3.89. The number of nitrogens with one attached hydrogen (secondary N) is 2. The molecule has 25 heavy (non-hydrogen) atoms. The minimum absolute atomic E-state index is 0.0590. The Balaban J connectivity index is 1.62. The molecule has 0 saturated heterocycles. The minimum atomic E-state index is -0.102. The van der Waals surface area contributed by atoms with Crippen LogP contribution in [0.15, 0.2) is 42.6 Å². The van der Waals surface area contributed by atoms with Crippen LogP contribution in [-0.2, 0) is 4.79 Å². The van der Waals surface area contributed by atoms with Gasteiger partial charge in [-0.05, 0) is 30.5 Å². The molecule has 6 nitrogen and oxygen atoms in total. The van der Waals surface area contributed by atoms with Crippen LogP contribution in [-0.4, -0.2) is 34.7 Å². The summed E-state index contributed by atoms with van der Waals surface area (Å²) < 4.78 is 5.44. The molecule has 1 aliphatic carbocycles. The Hall–Kier alpha value is -2.86. The van der Waals surface area contributed by atoms with E-state index in [1.807, 2.05) is 36.5 Å². The zero-order valence-electron chi connectivity index (χ0n) is 13.8. The average Bonchev–Trinajstić information content (AvgIpc) is 3.33. The smallest absolute Gasteiger partial charge is 0.229 e. The van der Waals surface area contributed by atoms with E-state index in [-0.39, 0.29) is 24.3 Å². The maximum absolute atomic E-state index is 12.1. The molecule has 1 amide bonds. The molecule has 0 spiro atoms. The quantitative estimate of drug-likeness (QED) is 0.668. The van der Waals surface area contributed by atoms with Crippen molar-refractivity contribution in [2.45, 2.75) is 6.42 Å². The Morgan fingerprint density at radius 2 is 2.16 bits per heavy atom. The van der Waals surface area contributed by atoms with E-state index in [9.17, 15) is 4.79 Å². The summed E-state index contributed by atoms with van der Waals surface area (Å²) in [5.74, 6) is 1.21. The third-order valence-corrected chi connectivity index (χ3v) is 4.68. The number of aliphatic hydroxyl groups excluding tert-OH is 1. The molecule has 1 aliphatic rings. The highest BCUT2D eigenvalue weighted by molar-refractivity contribution is 5.98. The van der Waals surface area contributed by atoms with Gasteiger partial charge in [-0.2, -0.15) is 0 Å². The molecule has 6 heteroatoms. The molecule has 3 N–H and O–H groups in total. The fraction of sp³-hybridized carbons (Fsp3) is 0.263. The van der Waals surface area contributed by atoms with Gasteiger partial charge < -0.3 is 20.1 Å². The lowest BCUT2D eigenvalue weighted by Gasteiger charge is -2.07. The van der Waals surface area contributed by atoms with Gasteiger partial charge >= 0.3 is 0 Å². The van der Waals surface area contributed by atoms with Crippen molar-refractivity contribution in [3.63, 3.8) is 0 Å². The molecule has 2 aromatic heterocycles. The molecule has 0 aliphatic heterocycles. The fourth-order valence-corrected chi connectivity index (χ4v) is 3.15. The van der Waals surface area contributed by atoms with E-state index in [0.717, 1.165) is 28.7 Å². The first kappa shape index (κ1) is 15.7. The van der Waals surface area contributed by atoms with Crippen molar-refractivity contribution in [2.24, 2.45) is 11.8 Å². The molecule has 0 unspecified atom stereocenters. The Morgan fingerprint density at radius 1 is 1.32 bits per heavy atom. The fourth-order valence-electron chi connectivity index (χ4n) is 3.15. The predicted octanol–water partition coefficient (Wildman–Crippen LogP) is 2.81. The van der Waals surface area contributed by atoms with Crippen LogP contribution in [0.2, 0.25) is 0 Å². The van der Waals surface area contributed by atoms with Gasteiger partial charge in [0.25, 0.3) is 0 Å². The van der Waals surface area contributed by atoms with Gasteiger partial charge in [0.15, 0.2) is 0 Å². The van der Waals surface area contributed by atoms with Crippen molar-refractivity contribution >= 4 is 22.8 Å². The summed E-state index contributed by atoms with van der Waals surface area (Å²) in [7, 11) is 1.65. The summed E-state index contributed by atoms with van der Waals surface area (Å²) in [6, 6.07) is 11.5. The Morgan fingerprint density at radius 3 is 2.92 bits per heavy atom. The van der Waals surface area contributed by atoms with Crippen molar-refractivity contribution in [2.75, 3.05) is 19.0 Å². The number of nitrogens with zero attached hydrogens (tertiary/aromatic N) is 1. The summed E-state index contributed by atoms with van der Waals surface area (Å²) in [5, 5.41) is 12.9. The number of aromatic amines is 1. The number of fused-ring (bicyclic) bond motifs is 1. The van der Waals surface area contributed by atoms with Crippen molar-refractivity contribution in [3.8, 4) is 16.9 Å². The second-order valence-electron chi connectivity index (χ2n) is 6.27. The molecule has 3 aromatic rings. The van der Waals surface area contributed by atoms with Gasteiger partial charge in [0.05, 0.1) is 7.11 Å². The number of hydrogen-bond acceptors (Lipinski definition) is 4. The standard InChI is InChI=1S/C19H19N3O3/c1-25-16-5-3-2-4-12(16)15-9-20-18-13(15)6-7-17(21-18)22-19(24)14-8-11(14)10-23/h2-7,9,11,14,23H,8,10H2,1H3,(H2,20,21,22,24)/t11-,14-/m0/s1. The van der Waals surface area contributed by atoms with Crippen molar-refractivity contribution in [1.29, 1.82) is 0 Å². The summed E-state index contributed by atoms with van der Waals surface area (Å²) in [6.07, 6.45) is 2.63. The largest absolute Gasteiger partial charge is 0.496 e. The van der Waals surface area contributed by atoms with Crippen molar-refractivity contribution < 1.29 is 14.6 Å². The number of pyridine rings is 1. The van der Waals surface area contributed by atoms with Gasteiger partial charge in [-0.25, -0.2) is 4.98 Å². The van der Waals surface area contributed by atoms with Gasteiger partial charge in [0.2, 0.25) is 5.91 Å². The van der Waals surface area contributed by atoms with Crippen LogP contribution >= 0.6 is 0 Å². The van der Waals surface area contributed by atoms with E-state index in [4.69, 9.17) is 9.84 Å². The molecule has 0 radical (unpaired) electrons. The third kappa shape index (κ3) is 2.85. The number of carbonyl (C=O) groups is 1. The number of H-pyrrole nitrogens is 1. The zero-order valence-corrected chi connectivity index (χ0v) is 13.8. The van der Waals surface area contributed by atoms with E-state index in [2.05, 4.69) is 15.3 Å². The van der Waals surface area contributed by atoms with Crippen LogP contribution in [0.5, 0.6) is 5.75 Å². The molecule has 2 heterocycles. The Labute approximate surface area is 144 Å². The van der Waals surface area contributed by atoms with Gasteiger partial charge in [-0.15, -0.1) is 0 Å². The number of ether oxygens (including phenoxy) is 1. The van der Waals surface area contributed by atoms with Crippen LogP contribution in [0.25, 0.3) is 22.2 Å². The number of rotatable bonds is 5. The zero-order chi connectivity index (χ0) is 17.4. The van der Waals surface area contributed by atoms with E-state index >= 15 is 0 Å². The molecular weight excluding hydrogens is 318 g/mol. The summed E-state index contributed by atoms with van der Waals surface area (Å²) in [6.45, 7) is 0.0590. The van der Waals surface area contributed by atoms with Crippen LogP contribution in [0.4, 0.5) is 5.82 Å². The predicted molar refractivity (Wildman–Crippen MR) is 95.4 cm³/mol. The second-order valence-corrected chi connectivity index (χ2v) is 6.27. The highest BCUT2D eigenvalue weighted by atomic mass is 16.5. The molecule has 4 rings (SSSR count). The number of hydrogen-bond donors (Lipinski definition) is 3. The highest BCUT2D eigenvalue weighted by Gasteiger charge is 2.42. The monoisotopic (exact) mass is 337 g/mol. The van der Waals surface area contributed by atoms with Crippen LogP contribution < -0.4 is 10.1 Å². The second kappa shape index (κ2) is 6.22. The normalized spacial score (nSPS) is 19.0. The van der Waals surface area contributed by atoms with Crippen molar-refractivity contribution in [3.05, 3.63) is 42.6 Å². The highest BCUT2D eigenvalue weighted by Crippen LogP contribution is 2.39. The molecule has 0 bridgehead atoms. The van der Waals surface area contributed by atoms with Gasteiger partial charge in [-0.1, -0.05) is 18.2 Å². The first-order valence-electron chi connectivity index (χ1n) is 8.24. The SMILES string of the molecule is COc1ccccc1-c1c[nH]c2nc(NC(=O)[C@H]3C[C@H]3CO)ccc12.